The number of nitrogens with one attached hydrogen (secondary N) is 1. The molecule has 0 saturated carbocycles. The quantitative estimate of drug-likeness (QED) is 0.873. The zero-order valence-electron chi connectivity index (χ0n) is 16.7. The summed E-state index contributed by atoms with van der Waals surface area (Å²) in [4.78, 5) is 19.4. The lowest BCUT2D eigenvalue weighted by Gasteiger charge is -2.33. The molecule has 6 nitrogen and oxygen atoms in total. The summed E-state index contributed by atoms with van der Waals surface area (Å²) < 4.78 is 5.49. The maximum absolute atomic E-state index is 12.5. The van der Waals surface area contributed by atoms with E-state index in [2.05, 4.69) is 48.1 Å². The molecule has 2 heterocycles. The van der Waals surface area contributed by atoms with Gasteiger partial charge in [0.05, 0.1) is 6.04 Å². The van der Waals surface area contributed by atoms with Crippen LogP contribution in [0.1, 0.15) is 63.9 Å². The van der Waals surface area contributed by atoms with Crippen molar-refractivity contribution >= 4 is 5.91 Å². The van der Waals surface area contributed by atoms with E-state index in [0.29, 0.717) is 12.4 Å². The van der Waals surface area contributed by atoms with Gasteiger partial charge in [-0.05, 0) is 38.4 Å². The minimum atomic E-state index is -0.120. The molecule has 1 aliphatic heterocycles. The molecule has 3 rings (SSSR count). The fourth-order valence-electron chi connectivity index (χ4n) is 3.34. The minimum Gasteiger partial charge on any atom is -0.352 e. The zero-order valence-corrected chi connectivity index (χ0v) is 16.7. The second-order valence-electron chi connectivity index (χ2n) is 8.40. The van der Waals surface area contributed by atoms with E-state index in [-0.39, 0.29) is 23.3 Å². The molecule has 1 fully saturated rings. The monoisotopic (exact) mass is 370 g/mol. The lowest BCUT2D eigenvalue weighted by molar-refractivity contribution is -0.126. The smallest absolute Gasteiger partial charge is 0.243 e. The van der Waals surface area contributed by atoms with Gasteiger partial charge < -0.3 is 9.84 Å². The van der Waals surface area contributed by atoms with E-state index >= 15 is 0 Å². The molecule has 1 unspecified atom stereocenters. The summed E-state index contributed by atoms with van der Waals surface area (Å²) in [6.45, 7) is 10.6. The second kappa shape index (κ2) is 8.21. The summed E-state index contributed by atoms with van der Waals surface area (Å²) in [6.07, 6.45) is 1.70. The SMILES string of the molecule is CC(c1nc(C(C)(C)C)no1)N1CCC(C(=O)NCc2ccccc2)CC1. The van der Waals surface area contributed by atoms with Gasteiger partial charge >= 0.3 is 0 Å². The maximum Gasteiger partial charge on any atom is 0.243 e. The van der Waals surface area contributed by atoms with Crippen molar-refractivity contribution in [1.82, 2.24) is 20.4 Å². The largest absolute Gasteiger partial charge is 0.352 e. The molecule has 6 heteroatoms. The first kappa shape index (κ1) is 19.5. The van der Waals surface area contributed by atoms with Crippen LogP contribution in [0, 0.1) is 5.92 Å². The third kappa shape index (κ3) is 4.95. The molecule has 1 atom stereocenters. The van der Waals surface area contributed by atoms with Gasteiger partial charge in [0.15, 0.2) is 5.82 Å². The van der Waals surface area contributed by atoms with Crippen molar-refractivity contribution in [3.05, 3.63) is 47.6 Å². The Labute approximate surface area is 161 Å². The average Bonchev–Trinajstić information content (AvgIpc) is 3.17. The maximum atomic E-state index is 12.5. The van der Waals surface area contributed by atoms with Gasteiger partial charge in [0, 0.05) is 17.9 Å². The van der Waals surface area contributed by atoms with Gasteiger partial charge in [-0.2, -0.15) is 4.98 Å². The number of carbonyl (C=O) groups is 1. The summed E-state index contributed by atoms with van der Waals surface area (Å²) >= 11 is 0. The first-order chi connectivity index (χ1) is 12.8. The van der Waals surface area contributed by atoms with Crippen LogP contribution in [0.3, 0.4) is 0 Å². The highest BCUT2D eigenvalue weighted by atomic mass is 16.5. The number of hydrogen-bond donors (Lipinski definition) is 1. The second-order valence-corrected chi connectivity index (χ2v) is 8.40. The predicted molar refractivity (Wildman–Crippen MR) is 104 cm³/mol. The Bertz CT molecular complexity index is 743. The Morgan fingerprint density at radius 1 is 1.26 bits per heavy atom. The minimum absolute atomic E-state index is 0.0712. The Hall–Kier alpha value is -2.21. The van der Waals surface area contributed by atoms with Crippen LogP contribution in [-0.2, 0) is 16.8 Å². The highest BCUT2D eigenvalue weighted by Crippen LogP contribution is 2.27. The van der Waals surface area contributed by atoms with Gasteiger partial charge in [0.1, 0.15) is 0 Å². The lowest BCUT2D eigenvalue weighted by Crippen LogP contribution is -2.41. The Morgan fingerprint density at radius 2 is 1.93 bits per heavy atom. The molecule has 0 spiro atoms. The molecule has 1 aromatic heterocycles. The first-order valence-electron chi connectivity index (χ1n) is 9.74. The summed E-state index contributed by atoms with van der Waals surface area (Å²) in [7, 11) is 0. The number of amides is 1. The number of rotatable bonds is 5. The number of carbonyl (C=O) groups excluding carboxylic acids is 1. The molecule has 1 saturated heterocycles. The van der Waals surface area contributed by atoms with Crippen LogP contribution in [0.15, 0.2) is 34.9 Å². The normalized spacial score (nSPS) is 17.6. The Balaban J connectivity index is 1.49. The number of likely N-dealkylation sites (tertiary alicyclic amines) is 1. The van der Waals surface area contributed by atoms with Crippen molar-refractivity contribution in [3.8, 4) is 0 Å². The molecule has 146 valence electrons. The van der Waals surface area contributed by atoms with Gasteiger partial charge in [0.2, 0.25) is 11.8 Å². The number of nitrogens with zero attached hydrogens (tertiary/aromatic N) is 3. The van der Waals surface area contributed by atoms with E-state index in [1.54, 1.807) is 0 Å². The number of benzene rings is 1. The van der Waals surface area contributed by atoms with Gasteiger partial charge in [-0.3, -0.25) is 9.69 Å². The molecule has 0 aliphatic carbocycles. The van der Waals surface area contributed by atoms with Crippen LogP contribution >= 0.6 is 0 Å². The van der Waals surface area contributed by atoms with E-state index in [9.17, 15) is 4.79 Å². The highest BCUT2D eigenvalue weighted by molar-refractivity contribution is 5.78. The number of hydrogen-bond acceptors (Lipinski definition) is 5. The van der Waals surface area contributed by atoms with Crippen molar-refractivity contribution in [1.29, 1.82) is 0 Å². The van der Waals surface area contributed by atoms with E-state index in [0.717, 1.165) is 37.3 Å². The van der Waals surface area contributed by atoms with Crippen LogP contribution in [-0.4, -0.2) is 34.0 Å². The molecule has 27 heavy (non-hydrogen) atoms. The summed E-state index contributed by atoms with van der Waals surface area (Å²) in [6, 6.07) is 10.1. The van der Waals surface area contributed by atoms with Crippen LogP contribution < -0.4 is 5.32 Å². The van der Waals surface area contributed by atoms with Crippen molar-refractivity contribution in [2.45, 2.75) is 58.5 Å². The molecule has 1 aliphatic rings. The summed E-state index contributed by atoms with van der Waals surface area (Å²) in [5.41, 5.74) is 1.01. The molecule has 1 amide bonds. The standard InChI is InChI=1S/C21H30N4O2/c1-15(19-23-20(24-27-19)21(2,3)4)25-12-10-17(11-13-25)18(26)22-14-16-8-6-5-7-9-16/h5-9,15,17H,10-14H2,1-4H3,(H,22,26). The van der Waals surface area contributed by atoms with Crippen LogP contribution in [0.2, 0.25) is 0 Å². The van der Waals surface area contributed by atoms with Gasteiger partial charge in [-0.15, -0.1) is 0 Å². The third-order valence-electron chi connectivity index (χ3n) is 5.23. The number of piperidine rings is 1. The van der Waals surface area contributed by atoms with Crippen molar-refractivity contribution < 1.29 is 9.32 Å². The van der Waals surface area contributed by atoms with Crippen LogP contribution in [0.4, 0.5) is 0 Å². The average molecular weight is 370 g/mol. The molecule has 2 aromatic rings. The highest BCUT2D eigenvalue weighted by Gasteiger charge is 2.30. The van der Waals surface area contributed by atoms with Gasteiger partial charge in [0.25, 0.3) is 0 Å². The molecule has 1 N–H and O–H groups in total. The summed E-state index contributed by atoms with van der Waals surface area (Å²) in [5.74, 6) is 1.62. The van der Waals surface area contributed by atoms with E-state index in [1.807, 2.05) is 30.3 Å². The van der Waals surface area contributed by atoms with E-state index < -0.39 is 0 Å². The van der Waals surface area contributed by atoms with Gasteiger partial charge in [-0.25, -0.2) is 0 Å². The Morgan fingerprint density at radius 3 is 2.52 bits per heavy atom. The lowest BCUT2D eigenvalue weighted by atomic mass is 9.94. The van der Waals surface area contributed by atoms with E-state index in [4.69, 9.17) is 4.52 Å². The molecular formula is C21H30N4O2. The fraction of sp³-hybridized carbons (Fsp3) is 0.571. The van der Waals surface area contributed by atoms with Crippen molar-refractivity contribution in [2.24, 2.45) is 5.92 Å². The fourth-order valence-corrected chi connectivity index (χ4v) is 3.34. The molecule has 0 radical (unpaired) electrons. The molecule has 0 bridgehead atoms. The molecule has 1 aromatic carbocycles. The van der Waals surface area contributed by atoms with Crippen LogP contribution in [0.5, 0.6) is 0 Å². The van der Waals surface area contributed by atoms with Gasteiger partial charge in [-0.1, -0.05) is 56.3 Å². The predicted octanol–water partition coefficient (Wildman–Crippen LogP) is 3.46. The van der Waals surface area contributed by atoms with Crippen molar-refractivity contribution in [2.75, 3.05) is 13.1 Å². The number of aromatic nitrogens is 2. The van der Waals surface area contributed by atoms with E-state index in [1.165, 1.54) is 0 Å². The van der Waals surface area contributed by atoms with Crippen molar-refractivity contribution in [3.63, 3.8) is 0 Å². The first-order valence-corrected chi connectivity index (χ1v) is 9.74. The zero-order chi connectivity index (χ0) is 19.4. The van der Waals surface area contributed by atoms with Crippen LogP contribution in [0.25, 0.3) is 0 Å². The summed E-state index contributed by atoms with van der Waals surface area (Å²) in [5, 5.41) is 7.19. The topological polar surface area (TPSA) is 71.3 Å². The third-order valence-corrected chi connectivity index (χ3v) is 5.23. The molecular weight excluding hydrogens is 340 g/mol. The Kier molecular flexibility index (Phi) is 5.95.